The number of hydrogen-bond acceptors (Lipinski definition) is 3. The molecule has 1 atom stereocenters. The van der Waals surface area contributed by atoms with Crippen LogP contribution in [-0.2, 0) is 0 Å². The molecule has 0 aliphatic carbocycles. The summed E-state index contributed by atoms with van der Waals surface area (Å²) in [6, 6.07) is 58.1. The van der Waals surface area contributed by atoms with E-state index in [4.69, 9.17) is 9.98 Å². The number of benzene rings is 8. The van der Waals surface area contributed by atoms with Crippen molar-refractivity contribution in [3.63, 3.8) is 0 Å². The molecule has 3 heteroatoms. The highest BCUT2D eigenvalue weighted by atomic mass is 15.2. The maximum Gasteiger partial charge on any atom is 0.160 e. The van der Waals surface area contributed by atoms with Crippen LogP contribution in [0.5, 0.6) is 0 Å². The number of hydrogen-bond donors (Lipinski definition) is 1. The van der Waals surface area contributed by atoms with E-state index < -0.39 is 0 Å². The molecular formula is C43H29N3. The lowest BCUT2D eigenvalue weighted by Crippen LogP contribution is -2.33. The van der Waals surface area contributed by atoms with Crippen LogP contribution in [0.4, 0.5) is 0 Å². The fraction of sp³-hybridized carbons (Fsp3) is 0.0233. The molecule has 1 aliphatic rings. The zero-order valence-electron chi connectivity index (χ0n) is 25.1. The molecule has 46 heavy (non-hydrogen) atoms. The van der Waals surface area contributed by atoms with Gasteiger partial charge in [-0.1, -0.05) is 152 Å². The molecule has 1 aliphatic heterocycles. The number of rotatable bonds is 4. The van der Waals surface area contributed by atoms with Crippen LogP contribution in [0.2, 0.25) is 0 Å². The van der Waals surface area contributed by atoms with Gasteiger partial charge in [-0.15, -0.1) is 0 Å². The molecule has 8 aromatic rings. The molecule has 9 rings (SSSR count). The van der Waals surface area contributed by atoms with Crippen LogP contribution in [0.3, 0.4) is 0 Å². The fourth-order valence-corrected chi connectivity index (χ4v) is 6.94. The molecule has 0 saturated heterocycles. The lowest BCUT2D eigenvalue weighted by atomic mass is 9.90. The fourth-order valence-electron chi connectivity index (χ4n) is 6.94. The first-order valence-electron chi connectivity index (χ1n) is 15.7. The Labute approximate surface area is 267 Å². The van der Waals surface area contributed by atoms with Crippen molar-refractivity contribution in [3.8, 4) is 11.1 Å². The van der Waals surface area contributed by atoms with Crippen LogP contribution >= 0.6 is 0 Å². The number of nitrogens with one attached hydrogen (secondary N) is 1. The molecular weight excluding hydrogens is 558 g/mol. The first-order valence-corrected chi connectivity index (χ1v) is 15.7. The average Bonchev–Trinajstić information content (AvgIpc) is 3.15. The number of nitrogens with zero attached hydrogens (tertiary/aromatic N) is 2. The minimum Gasteiger partial charge on any atom is -0.344 e. The first-order chi connectivity index (χ1) is 22.8. The van der Waals surface area contributed by atoms with Crippen molar-refractivity contribution in [2.24, 2.45) is 9.98 Å². The maximum atomic E-state index is 5.17. The molecule has 0 spiro atoms. The summed E-state index contributed by atoms with van der Waals surface area (Å²) in [5, 5.41) is 13.6. The van der Waals surface area contributed by atoms with Crippen molar-refractivity contribution in [1.29, 1.82) is 0 Å². The summed E-state index contributed by atoms with van der Waals surface area (Å²) in [5.74, 6) is 1.55. The molecule has 8 aromatic carbocycles. The van der Waals surface area contributed by atoms with Gasteiger partial charge in [0.05, 0.1) is 0 Å². The van der Waals surface area contributed by atoms with Crippen LogP contribution in [0.1, 0.15) is 22.9 Å². The molecule has 0 amide bonds. The molecule has 0 fully saturated rings. The summed E-state index contributed by atoms with van der Waals surface area (Å²) in [7, 11) is 0. The number of aliphatic imine (C=N–C) groups is 2. The van der Waals surface area contributed by atoms with Crippen LogP contribution in [0.15, 0.2) is 174 Å². The Hall–Kier alpha value is -6.06. The minimum absolute atomic E-state index is 0.245. The van der Waals surface area contributed by atoms with Crippen molar-refractivity contribution in [1.82, 2.24) is 5.32 Å². The molecule has 0 radical (unpaired) electrons. The van der Waals surface area contributed by atoms with Crippen molar-refractivity contribution in [2.45, 2.75) is 6.17 Å². The van der Waals surface area contributed by atoms with E-state index in [9.17, 15) is 0 Å². The highest BCUT2D eigenvalue weighted by Gasteiger charge is 2.22. The first kappa shape index (κ1) is 26.4. The van der Waals surface area contributed by atoms with Gasteiger partial charge in [0.2, 0.25) is 0 Å². The van der Waals surface area contributed by atoms with Crippen LogP contribution < -0.4 is 5.32 Å². The zero-order chi connectivity index (χ0) is 30.5. The summed E-state index contributed by atoms with van der Waals surface area (Å²) < 4.78 is 0. The SMILES string of the molecule is c1ccc(C2=NC(c3ccc(-c4ccc5c6ccccc6c6ccccc6c5c4)c4ccccc34)=NC(c3ccccc3)N2)cc1. The van der Waals surface area contributed by atoms with Crippen LogP contribution in [0.25, 0.3) is 54.2 Å². The average molecular weight is 588 g/mol. The Morgan fingerprint density at radius 1 is 0.391 bits per heavy atom. The van der Waals surface area contributed by atoms with Gasteiger partial charge in [-0.3, -0.25) is 0 Å². The highest BCUT2D eigenvalue weighted by Crippen LogP contribution is 2.39. The van der Waals surface area contributed by atoms with Gasteiger partial charge in [0.25, 0.3) is 0 Å². The molecule has 3 nitrogen and oxygen atoms in total. The predicted molar refractivity (Wildman–Crippen MR) is 194 cm³/mol. The summed E-state index contributed by atoms with van der Waals surface area (Å²) in [5.41, 5.74) is 5.54. The second-order valence-corrected chi connectivity index (χ2v) is 11.8. The number of amidine groups is 2. The summed E-state index contributed by atoms with van der Waals surface area (Å²) in [4.78, 5) is 10.3. The van der Waals surface area contributed by atoms with Crippen molar-refractivity contribution < 1.29 is 0 Å². The van der Waals surface area contributed by atoms with Gasteiger partial charge in [-0.05, 0) is 71.9 Å². The Bertz CT molecular complexity index is 2460. The summed E-state index contributed by atoms with van der Waals surface area (Å²) >= 11 is 0. The normalized spacial score (nSPS) is 14.7. The predicted octanol–water partition coefficient (Wildman–Crippen LogP) is 10.5. The van der Waals surface area contributed by atoms with E-state index in [1.807, 2.05) is 24.3 Å². The summed E-state index contributed by atoms with van der Waals surface area (Å²) in [6.07, 6.45) is -0.245. The van der Waals surface area contributed by atoms with Gasteiger partial charge in [-0.2, -0.15) is 0 Å². The lowest BCUT2D eigenvalue weighted by Gasteiger charge is -2.24. The van der Waals surface area contributed by atoms with E-state index >= 15 is 0 Å². The Balaban J connectivity index is 1.23. The zero-order valence-corrected chi connectivity index (χ0v) is 25.1. The van der Waals surface area contributed by atoms with Gasteiger partial charge in [0, 0.05) is 11.1 Å². The molecule has 216 valence electrons. The second kappa shape index (κ2) is 10.8. The van der Waals surface area contributed by atoms with Gasteiger partial charge < -0.3 is 5.32 Å². The van der Waals surface area contributed by atoms with Crippen molar-refractivity contribution in [3.05, 3.63) is 180 Å². The van der Waals surface area contributed by atoms with Crippen LogP contribution in [0, 0.1) is 0 Å². The Morgan fingerprint density at radius 2 is 0.891 bits per heavy atom. The minimum atomic E-state index is -0.245. The van der Waals surface area contributed by atoms with E-state index in [1.165, 1.54) is 48.8 Å². The molecule has 1 heterocycles. The highest BCUT2D eigenvalue weighted by molar-refractivity contribution is 6.26. The third kappa shape index (κ3) is 4.36. The molecule has 1 N–H and O–H groups in total. The quantitative estimate of drug-likeness (QED) is 0.204. The standard InChI is InChI=1S/C43H29N3/c1-3-13-28(14-4-1)41-44-42(29-15-5-2-6-16-29)46-43(45-41)39-26-25-31(32-17-7-11-21-36(32)39)30-23-24-38-35-20-9-8-18-33(35)34-19-10-12-22-37(34)40(38)27-30/h1-27,41H,(H,44,45,46). The van der Waals surface area contributed by atoms with Crippen molar-refractivity contribution in [2.75, 3.05) is 0 Å². The van der Waals surface area contributed by atoms with Gasteiger partial charge in [0.15, 0.2) is 5.84 Å². The second-order valence-electron chi connectivity index (χ2n) is 11.8. The van der Waals surface area contributed by atoms with E-state index in [0.717, 1.165) is 33.7 Å². The van der Waals surface area contributed by atoms with Crippen LogP contribution in [-0.4, -0.2) is 11.7 Å². The summed E-state index contributed by atoms with van der Waals surface area (Å²) in [6.45, 7) is 0. The molecule has 0 saturated carbocycles. The number of fused-ring (bicyclic) bond motifs is 7. The van der Waals surface area contributed by atoms with Gasteiger partial charge in [-0.25, -0.2) is 9.98 Å². The molecule has 1 unspecified atom stereocenters. The van der Waals surface area contributed by atoms with E-state index in [0.29, 0.717) is 0 Å². The van der Waals surface area contributed by atoms with Gasteiger partial charge >= 0.3 is 0 Å². The van der Waals surface area contributed by atoms with E-state index in [-0.39, 0.29) is 6.17 Å². The largest absolute Gasteiger partial charge is 0.344 e. The third-order valence-corrected chi connectivity index (χ3v) is 9.13. The van der Waals surface area contributed by atoms with E-state index in [2.05, 4.69) is 145 Å². The lowest BCUT2D eigenvalue weighted by molar-refractivity contribution is 0.674. The van der Waals surface area contributed by atoms with E-state index in [1.54, 1.807) is 0 Å². The van der Waals surface area contributed by atoms with Gasteiger partial charge in [0.1, 0.15) is 12.0 Å². The molecule has 0 bridgehead atoms. The Kier molecular flexibility index (Phi) is 6.20. The maximum absolute atomic E-state index is 5.17. The monoisotopic (exact) mass is 587 g/mol. The molecule has 0 aromatic heterocycles. The third-order valence-electron chi connectivity index (χ3n) is 9.13. The smallest absolute Gasteiger partial charge is 0.160 e. The Morgan fingerprint density at radius 3 is 1.54 bits per heavy atom. The van der Waals surface area contributed by atoms with Crippen molar-refractivity contribution >= 4 is 54.8 Å². The topological polar surface area (TPSA) is 36.8 Å².